The Bertz CT molecular complexity index is 603. The molecule has 1 atom stereocenters. The van der Waals surface area contributed by atoms with Crippen molar-refractivity contribution in [2.45, 2.75) is 19.5 Å². The molecule has 21 heavy (non-hydrogen) atoms. The fourth-order valence-electron chi connectivity index (χ4n) is 1.67. The summed E-state index contributed by atoms with van der Waals surface area (Å²) in [7, 11) is 1.63. The van der Waals surface area contributed by atoms with Gasteiger partial charge in [0.25, 0.3) is 0 Å². The lowest BCUT2D eigenvalue weighted by molar-refractivity contribution is -0.121. The SMILES string of the molecule is CCC(=O)N[C@@H](N)c1cnc(-c2cccc(OC)c2)s1.Cl. The molecule has 0 aliphatic rings. The van der Waals surface area contributed by atoms with Crippen molar-refractivity contribution in [3.05, 3.63) is 35.3 Å². The number of ether oxygens (including phenoxy) is 1. The van der Waals surface area contributed by atoms with Crippen molar-refractivity contribution >= 4 is 29.7 Å². The normalized spacial score (nSPS) is 11.4. The Labute approximate surface area is 133 Å². The molecule has 7 heteroatoms. The van der Waals surface area contributed by atoms with Gasteiger partial charge in [0.15, 0.2) is 0 Å². The summed E-state index contributed by atoms with van der Waals surface area (Å²) < 4.78 is 5.19. The molecule has 2 aromatic rings. The Kier molecular flexibility index (Phi) is 6.61. The van der Waals surface area contributed by atoms with Gasteiger partial charge in [-0.15, -0.1) is 23.7 Å². The van der Waals surface area contributed by atoms with Crippen LogP contribution < -0.4 is 15.8 Å². The number of nitrogens with zero attached hydrogens (tertiary/aromatic N) is 1. The lowest BCUT2D eigenvalue weighted by Crippen LogP contribution is -2.32. The largest absolute Gasteiger partial charge is 0.497 e. The van der Waals surface area contributed by atoms with Crippen molar-refractivity contribution in [2.24, 2.45) is 5.73 Å². The summed E-state index contributed by atoms with van der Waals surface area (Å²) in [5, 5.41) is 3.57. The molecule has 114 valence electrons. The third-order valence-corrected chi connectivity index (χ3v) is 3.91. The number of benzene rings is 1. The van der Waals surface area contributed by atoms with Crippen LogP contribution >= 0.6 is 23.7 Å². The van der Waals surface area contributed by atoms with Gasteiger partial charge in [-0.3, -0.25) is 4.79 Å². The number of carbonyl (C=O) groups excluding carboxylic acids is 1. The topological polar surface area (TPSA) is 77.2 Å². The van der Waals surface area contributed by atoms with E-state index < -0.39 is 6.17 Å². The van der Waals surface area contributed by atoms with E-state index in [2.05, 4.69) is 10.3 Å². The fourth-order valence-corrected chi connectivity index (χ4v) is 2.53. The van der Waals surface area contributed by atoms with Crippen molar-refractivity contribution in [3.63, 3.8) is 0 Å². The van der Waals surface area contributed by atoms with Crippen LogP contribution in [0.25, 0.3) is 10.6 Å². The first-order chi connectivity index (χ1) is 9.63. The third-order valence-electron chi connectivity index (χ3n) is 2.78. The minimum absolute atomic E-state index is 0. The highest BCUT2D eigenvalue weighted by Gasteiger charge is 2.13. The second-order valence-electron chi connectivity index (χ2n) is 4.20. The first kappa shape index (κ1) is 17.4. The Hall–Kier alpha value is -1.63. The first-order valence-electron chi connectivity index (χ1n) is 6.29. The number of thiazole rings is 1. The zero-order valence-corrected chi connectivity index (χ0v) is 13.5. The van der Waals surface area contributed by atoms with E-state index in [0.717, 1.165) is 21.2 Å². The van der Waals surface area contributed by atoms with Gasteiger partial charge in [-0.05, 0) is 12.1 Å². The maximum atomic E-state index is 11.3. The van der Waals surface area contributed by atoms with Crippen molar-refractivity contribution in [1.29, 1.82) is 0 Å². The van der Waals surface area contributed by atoms with E-state index in [1.165, 1.54) is 11.3 Å². The smallest absolute Gasteiger partial charge is 0.221 e. The first-order valence-corrected chi connectivity index (χ1v) is 7.10. The average Bonchev–Trinajstić information content (AvgIpc) is 2.97. The van der Waals surface area contributed by atoms with Gasteiger partial charge in [0.05, 0.1) is 12.0 Å². The molecule has 5 nitrogen and oxygen atoms in total. The van der Waals surface area contributed by atoms with E-state index in [4.69, 9.17) is 10.5 Å². The van der Waals surface area contributed by atoms with Crippen LogP contribution in [0.5, 0.6) is 5.75 Å². The fraction of sp³-hybridized carbons (Fsp3) is 0.286. The standard InChI is InChI=1S/C14H17N3O2S.ClH/c1-3-12(18)17-13(15)11-8-16-14(20-11)9-5-4-6-10(7-9)19-2;/h4-8,13H,3,15H2,1-2H3,(H,17,18);1H/t13-;/m1./s1. The lowest BCUT2D eigenvalue weighted by Gasteiger charge is -2.10. The van der Waals surface area contributed by atoms with Crippen molar-refractivity contribution in [1.82, 2.24) is 10.3 Å². The number of methoxy groups -OCH3 is 1. The minimum Gasteiger partial charge on any atom is -0.497 e. The second-order valence-corrected chi connectivity index (χ2v) is 5.26. The van der Waals surface area contributed by atoms with Crippen LogP contribution in [0.3, 0.4) is 0 Å². The number of nitrogens with one attached hydrogen (secondary N) is 1. The molecule has 1 amide bonds. The van der Waals surface area contributed by atoms with E-state index >= 15 is 0 Å². The molecule has 3 N–H and O–H groups in total. The maximum absolute atomic E-state index is 11.3. The zero-order chi connectivity index (χ0) is 14.5. The monoisotopic (exact) mass is 327 g/mol. The van der Waals surface area contributed by atoms with Crippen LogP contribution in [0.15, 0.2) is 30.5 Å². The number of aromatic nitrogens is 1. The molecule has 2 rings (SSSR count). The molecule has 1 heterocycles. The van der Waals surface area contributed by atoms with Crippen LogP contribution in [0.2, 0.25) is 0 Å². The summed E-state index contributed by atoms with van der Waals surface area (Å²) in [5.74, 6) is 0.705. The molecule has 0 fully saturated rings. The number of rotatable bonds is 5. The van der Waals surface area contributed by atoms with E-state index in [9.17, 15) is 4.79 Å². The van der Waals surface area contributed by atoms with Crippen LogP contribution in [-0.2, 0) is 4.79 Å². The molecule has 1 aromatic heterocycles. The number of amides is 1. The average molecular weight is 328 g/mol. The van der Waals surface area contributed by atoms with Gasteiger partial charge in [0.1, 0.15) is 16.9 Å². The highest BCUT2D eigenvalue weighted by Crippen LogP contribution is 2.29. The van der Waals surface area contributed by atoms with Crippen LogP contribution in [0.1, 0.15) is 24.4 Å². The zero-order valence-electron chi connectivity index (χ0n) is 11.8. The summed E-state index contributed by atoms with van der Waals surface area (Å²) in [6.45, 7) is 1.79. The third kappa shape index (κ3) is 4.42. The molecule has 0 aliphatic heterocycles. The van der Waals surface area contributed by atoms with Crippen molar-refractivity contribution in [2.75, 3.05) is 7.11 Å². The highest BCUT2D eigenvalue weighted by molar-refractivity contribution is 7.15. The predicted octanol–water partition coefficient (Wildman–Crippen LogP) is 2.72. The molecular formula is C14H18ClN3O2S. The van der Waals surface area contributed by atoms with Crippen LogP contribution in [-0.4, -0.2) is 18.0 Å². The molecule has 0 saturated carbocycles. The Morgan fingerprint density at radius 1 is 1.52 bits per heavy atom. The van der Waals surface area contributed by atoms with Crippen LogP contribution in [0.4, 0.5) is 0 Å². The van der Waals surface area contributed by atoms with Crippen LogP contribution in [0, 0.1) is 0 Å². The van der Waals surface area contributed by atoms with Crippen molar-refractivity contribution in [3.8, 4) is 16.3 Å². The molecule has 0 aliphatic carbocycles. The Morgan fingerprint density at radius 2 is 2.29 bits per heavy atom. The van der Waals surface area contributed by atoms with Gasteiger partial charge >= 0.3 is 0 Å². The highest BCUT2D eigenvalue weighted by atomic mass is 35.5. The number of halogens is 1. The Balaban J connectivity index is 0.00000220. The van der Waals surface area contributed by atoms with Gasteiger partial charge < -0.3 is 15.8 Å². The number of nitrogens with two attached hydrogens (primary N) is 1. The predicted molar refractivity (Wildman–Crippen MR) is 86.7 cm³/mol. The van der Waals surface area contributed by atoms with Gasteiger partial charge in [-0.25, -0.2) is 4.98 Å². The molecule has 0 bridgehead atoms. The maximum Gasteiger partial charge on any atom is 0.221 e. The second kappa shape index (κ2) is 7.97. The van der Waals surface area contributed by atoms with Gasteiger partial charge in [-0.1, -0.05) is 19.1 Å². The van der Waals surface area contributed by atoms with Gasteiger partial charge in [-0.2, -0.15) is 0 Å². The van der Waals surface area contributed by atoms with E-state index in [1.54, 1.807) is 20.2 Å². The molecular weight excluding hydrogens is 310 g/mol. The Morgan fingerprint density at radius 3 is 2.95 bits per heavy atom. The number of hydrogen-bond donors (Lipinski definition) is 2. The van der Waals surface area contributed by atoms with E-state index in [1.807, 2.05) is 24.3 Å². The molecule has 0 saturated heterocycles. The van der Waals surface area contributed by atoms with E-state index in [0.29, 0.717) is 6.42 Å². The quantitative estimate of drug-likeness (QED) is 0.828. The number of hydrogen-bond acceptors (Lipinski definition) is 5. The summed E-state index contributed by atoms with van der Waals surface area (Å²) in [4.78, 5) is 16.5. The summed E-state index contributed by atoms with van der Waals surface area (Å²) in [5.41, 5.74) is 6.90. The van der Waals surface area contributed by atoms with E-state index in [-0.39, 0.29) is 18.3 Å². The molecule has 0 unspecified atom stereocenters. The lowest BCUT2D eigenvalue weighted by atomic mass is 10.2. The minimum atomic E-state index is -0.515. The van der Waals surface area contributed by atoms with Gasteiger partial charge in [0.2, 0.25) is 5.91 Å². The van der Waals surface area contributed by atoms with Gasteiger partial charge in [0, 0.05) is 18.2 Å². The summed E-state index contributed by atoms with van der Waals surface area (Å²) >= 11 is 1.46. The summed E-state index contributed by atoms with van der Waals surface area (Å²) in [6, 6.07) is 7.67. The molecule has 0 radical (unpaired) electrons. The molecule has 1 aromatic carbocycles. The summed E-state index contributed by atoms with van der Waals surface area (Å²) in [6.07, 6.45) is 1.59. The number of carbonyl (C=O) groups is 1. The molecule has 0 spiro atoms. The van der Waals surface area contributed by atoms with Crippen molar-refractivity contribution < 1.29 is 9.53 Å².